The summed E-state index contributed by atoms with van der Waals surface area (Å²) in [5.41, 5.74) is 2.78. The minimum absolute atomic E-state index is 0.266. The Bertz CT molecular complexity index is 546. The topological polar surface area (TPSA) is 28.4 Å². The number of aliphatic hydroxyl groups is 1. The summed E-state index contributed by atoms with van der Waals surface area (Å²) in [6, 6.07) is 8.61. The lowest BCUT2D eigenvalue weighted by Gasteiger charge is -2.13. The van der Waals surface area contributed by atoms with E-state index in [-0.39, 0.29) is 6.61 Å². The first-order valence-electron chi connectivity index (χ1n) is 6.67. The van der Waals surface area contributed by atoms with Crippen LogP contribution < -0.4 is 0 Å². The number of fused-ring (bicyclic) bond motifs is 1. The Labute approximate surface area is 108 Å². The molecule has 18 heavy (non-hydrogen) atoms. The molecule has 1 aromatic heterocycles. The zero-order chi connectivity index (χ0) is 12.5. The quantitative estimate of drug-likeness (QED) is 0.894. The first kappa shape index (κ1) is 11.8. The van der Waals surface area contributed by atoms with E-state index >= 15 is 0 Å². The molecule has 1 N–H and O–H groups in total. The van der Waals surface area contributed by atoms with Gasteiger partial charge in [-0.05, 0) is 30.5 Å². The normalized spacial score (nSPS) is 20.9. The Morgan fingerprint density at radius 3 is 3.00 bits per heavy atom. The highest BCUT2D eigenvalue weighted by Gasteiger charge is 2.25. The molecule has 1 saturated heterocycles. The molecule has 1 fully saturated rings. The van der Waals surface area contributed by atoms with Crippen molar-refractivity contribution < 1.29 is 5.11 Å². The summed E-state index contributed by atoms with van der Waals surface area (Å²) in [5.74, 6) is 0.614. The summed E-state index contributed by atoms with van der Waals surface area (Å²) in [5, 5.41) is 10.4. The molecule has 0 spiro atoms. The number of aromatic nitrogens is 1. The molecule has 96 valence electrons. The molecular formula is C15H20N2O. The molecule has 1 aromatic carbocycles. The molecule has 0 saturated carbocycles. The lowest BCUT2D eigenvalue weighted by molar-refractivity contribution is 0.220. The molecule has 3 heteroatoms. The van der Waals surface area contributed by atoms with Crippen LogP contribution in [0.25, 0.3) is 10.9 Å². The lowest BCUT2D eigenvalue weighted by atomic mass is 9.98. The van der Waals surface area contributed by atoms with Crippen LogP contribution in [0.3, 0.4) is 0 Å². The van der Waals surface area contributed by atoms with Gasteiger partial charge >= 0.3 is 0 Å². The van der Waals surface area contributed by atoms with E-state index < -0.39 is 0 Å². The van der Waals surface area contributed by atoms with E-state index in [1.807, 2.05) is 0 Å². The molecule has 1 atom stereocenters. The molecule has 0 radical (unpaired) electrons. The molecule has 1 aliphatic heterocycles. The minimum Gasteiger partial charge on any atom is -0.395 e. The van der Waals surface area contributed by atoms with E-state index in [0.717, 1.165) is 19.6 Å². The van der Waals surface area contributed by atoms with Gasteiger partial charge in [0.05, 0.1) is 6.61 Å². The van der Waals surface area contributed by atoms with Crippen LogP contribution in [0.15, 0.2) is 30.5 Å². The molecular weight excluding hydrogens is 224 g/mol. The monoisotopic (exact) mass is 244 g/mol. The van der Waals surface area contributed by atoms with Crippen molar-refractivity contribution in [1.82, 2.24) is 9.47 Å². The highest BCUT2D eigenvalue weighted by molar-refractivity contribution is 5.84. The first-order valence-corrected chi connectivity index (χ1v) is 6.67. The third kappa shape index (κ3) is 1.93. The fourth-order valence-corrected chi connectivity index (χ4v) is 3.13. The number of para-hydroxylation sites is 1. The van der Waals surface area contributed by atoms with Crippen molar-refractivity contribution in [3.63, 3.8) is 0 Å². The Hall–Kier alpha value is -1.32. The second kappa shape index (κ2) is 4.75. The van der Waals surface area contributed by atoms with Crippen molar-refractivity contribution in [3.05, 3.63) is 36.0 Å². The van der Waals surface area contributed by atoms with Crippen LogP contribution in [0, 0.1) is 0 Å². The Morgan fingerprint density at radius 1 is 1.33 bits per heavy atom. The summed E-state index contributed by atoms with van der Waals surface area (Å²) in [7, 11) is 2.12. The van der Waals surface area contributed by atoms with E-state index in [4.69, 9.17) is 5.11 Å². The number of likely N-dealkylation sites (tertiary alicyclic amines) is 1. The summed E-state index contributed by atoms with van der Waals surface area (Å²) in [4.78, 5) is 2.35. The molecule has 0 bridgehead atoms. The smallest absolute Gasteiger partial charge is 0.0558 e. The van der Waals surface area contributed by atoms with Crippen LogP contribution in [0.4, 0.5) is 0 Å². The predicted molar refractivity (Wildman–Crippen MR) is 73.8 cm³/mol. The summed E-state index contributed by atoms with van der Waals surface area (Å²) < 4.78 is 2.22. The van der Waals surface area contributed by atoms with Gasteiger partial charge < -0.3 is 14.6 Å². The SMILES string of the molecule is Cn1cc(C2CCN(CCO)C2)c2ccccc21. The van der Waals surface area contributed by atoms with Crippen molar-refractivity contribution in [1.29, 1.82) is 0 Å². The summed E-state index contributed by atoms with van der Waals surface area (Å²) in [6.45, 7) is 3.26. The molecule has 2 heterocycles. The number of aliphatic hydroxyl groups excluding tert-OH is 1. The van der Waals surface area contributed by atoms with Crippen LogP contribution >= 0.6 is 0 Å². The van der Waals surface area contributed by atoms with E-state index in [1.165, 1.54) is 22.9 Å². The van der Waals surface area contributed by atoms with Gasteiger partial charge in [-0.15, -0.1) is 0 Å². The van der Waals surface area contributed by atoms with Gasteiger partial charge in [0.15, 0.2) is 0 Å². The summed E-state index contributed by atoms with van der Waals surface area (Å²) >= 11 is 0. The van der Waals surface area contributed by atoms with Crippen LogP contribution in [0.5, 0.6) is 0 Å². The lowest BCUT2D eigenvalue weighted by Crippen LogP contribution is -2.23. The fraction of sp³-hybridized carbons (Fsp3) is 0.467. The maximum atomic E-state index is 9.01. The van der Waals surface area contributed by atoms with E-state index in [9.17, 15) is 0 Å². The Kier molecular flexibility index (Phi) is 3.10. The fourth-order valence-electron chi connectivity index (χ4n) is 3.13. The molecule has 3 nitrogen and oxygen atoms in total. The van der Waals surface area contributed by atoms with E-state index in [2.05, 4.69) is 47.0 Å². The van der Waals surface area contributed by atoms with Gasteiger partial charge in [-0.1, -0.05) is 18.2 Å². The van der Waals surface area contributed by atoms with Gasteiger partial charge in [0.2, 0.25) is 0 Å². The van der Waals surface area contributed by atoms with Crippen LogP contribution in [-0.2, 0) is 7.05 Å². The number of nitrogens with zero attached hydrogens (tertiary/aromatic N) is 2. The maximum Gasteiger partial charge on any atom is 0.0558 e. The second-order valence-corrected chi connectivity index (χ2v) is 5.22. The predicted octanol–water partition coefficient (Wildman–Crippen LogP) is 1.96. The zero-order valence-electron chi connectivity index (χ0n) is 10.8. The number of hydrogen-bond acceptors (Lipinski definition) is 2. The molecule has 0 amide bonds. The van der Waals surface area contributed by atoms with Gasteiger partial charge in [0.25, 0.3) is 0 Å². The molecule has 3 rings (SSSR count). The average molecular weight is 244 g/mol. The Balaban J connectivity index is 1.91. The van der Waals surface area contributed by atoms with E-state index in [1.54, 1.807) is 0 Å². The van der Waals surface area contributed by atoms with Gasteiger partial charge in [0.1, 0.15) is 0 Å². The molecule has 0 aliphatic carbocycles. The third-order valence-electron chi connectivity index (χ3n) is 4.06. The number of hydrogen-bond donors (Lipinski definition) is 1. The molecule has 1 aliphatic rings. The number of β-amino-alcohol motifs (C(OH)–C–C–N with tert-alkyl or cyclic N) is 1. The van der Waals surface area contributed by atoms with Crippen molar-refractivity contribution in [2.45, 2.75) is 12.3 Å². The average Bonchev–Trinajstić information content (AvgIpc) is 2.96. The van der Waals surface area contributed by atoms with Crippen molar-refractivity contribution in [2.75, 3.05) is 26.2 Å². The zero-order valence-corrected chi connectivity index (χ0v) is 10.8. The molecule has 2 aromatic rings. The van der Waals surface area contributed by atoms with Gasteiger partial charge in [-0.2, -0.15) is 0 Å². The van der Waals surface area contributed by atoms with Crippen LogP contribution in [-0.4, -0.2) is 40.8 Å². The Morgan fingerprint density at radius 2 is 2.17 bits per heavy atom. The van der Waals surface area contributed by atoms with Crippen LogP contribution in [0.2, 0.25) is 0 Å². The summed E-state index contributed by atoms with van der Waals surface area (Å²) in [6.07, 6.45) is 3.48. The van der Waals surface area contributed by atoms with Crippen molar-refractivity contribution >= 4 is 10.9 Å². The highest BCUT2D eigenvalue weighted by Crippen LogP contribution is 2.33. The number of benzene rings is 1. The number of aryl methyl sites for hydroxylation is 1. The van der Waals surface area contributed by atoms with Crippen molar-refractivity contribution in [3.8, 4) is 0 Å². The second-order valence-electron chi connectivity index (χ2n) is 5.22. The largest absolute Gasteiger partial charge is 0.395 e. The number of rotatable bonds is 3. The first-order chi connectivity index (χ1) is 8.79. The minimum atomic E-state index is 0.266. The maximum absolute atomic E-state index is 9.01. The van der Waals surface area contributed by atoms with Crippen LogP contribution in [0.1, 0.15) is 17.9 Å². The molecule has 1 unspecified atom stereocenters. The van der Waals surface area contributed by atoms with Crippen molar-refractivity contribution in [2.24, 2.45) is 7.05 Å². The van der Waals surface area contributed by atoms with Gasteiger partial charge in [-0.25, -0.2) is 0 Å². The third-order valence-corrected chi connectivity index (χ3v) is 4.06. The van der Waals surface area contributed by atoms with Gasteiger partial charge in [0, 0.05) is 37.2 Å². The van der Waals surface area contributed by atoms with E-state index in [0.29, 0.717) is 5.92 Å². The standard InChI is InChI=1S/C15H20N2O/c1-16-11-14(13-4-2-3-5-15(13)16)12-6-7-17(10-12)8-9-18/h2-5,11-12,18H,6-10H2,1H3. The highest BCUT2D eigenvalue weighted by atomic mass is 16.3. The van der Waals surface area contributed by atoms with Gasteiger partial charge in [-0.3, -0.25) is 0 Å².